The Morgan fingerprint density at radius 2 is 2.06 bits per heavy atom. The lowest BCUT2D eigenvalue weighted by Crippen LogP contribution is -2.13. The van der Waals surface area contributed by atoms with E-state index < -0.39 is 18.9 Å². The summed E-state index contributed by atoms with van der Waals surface area (Å²) in [6.45, 7) is 1.43. The second kappa shape index (κ2) is 4.86. The van der Waals surface area contributed by atoms with Crippen LogP contribution >= 0.6 is 0 Å². The van der Waals surface area contributed by atoms with Crippen LogP contribution in [0.5, 0.6) is 0 Å². The molecule has 0 bridgehead atoms. The van der Waals surface area contributed by atoms with Crippen LogP contribution in [0.3, 0.4) is 0 Å². The van der Waals surface area contributed by atoms with Crippen LogP contribution in [0.15, 0.2) is 30.5 Å². The monoisotopic (exact) mass is 252 g/mol. The molecule has 1 heterocycles. The molecule has 96 valence electrons. The first-order valence-electron chi connectivity index (χ1n) is 5.65. The van der Waals surface area contributed by atoms with Crippen LogP contribution in [-0.4, -0.2) is 16.9 Å². The van der Waals surface area contributed by atoms with Crippen molar-refractivity contribution in [3.05, 3.63) is 36.0 Å². The van der Waals surface area contributed by atoms with Gasteiger partial charge >= 0.3 is 0 Å². The molecule has 0 unspecified atom stereocenters. The van der Waals surface area contributed by atoms with Crippen molar-refractivity contribution in [3.8, 4) is 0 Å². The van der Waals surface area contributed by atoms with Crippen molar-refractivity contribution >= 4 is 16.8 Å². The van der Waals surface area contributed by atoms with Gasteiger partial charge in [0.15, 0.2) is 0 Å². The highest BCUT2D eigenvalue weighted by atomic mass is 19.3. The van der Waals surface area contributed by atoms with Gasteiger partial charge in [-0.1, -0.05) is 18.2 Å². The number of fused-ring (bicyclic) bond motifs is 1. The Morgan fingerprint density at radius 3 is 2.67 bits per heavy atom. The number of carbonyl (C=O) groups is 1. The third-order valence-corrected chi connectivity index (χ3v) is 2.91. The van der Waals surface area contributed by atoms with Gasteiger partial charge in [-0.15, -0.1) is 0 Å². The third-order valence-electron chi connectivity index (χ3n) is 2.91. The highest BCUT2D eigenvalue weighted by molar-refractivity contribution is 5.93. The van der Waals surface area contributed by atoms with Gasteiger partial charge in [0.2, 0.25) is 12.3 Å². The molecule has 0 spiro atoms. The first kappa shape index (κ1) is 12.7. The van der Waals surface area contributed by atoms with E-state index in [0.29, 0.717) is 11.1 Å². The number of alkyl halides is 2. The largest absolute Gasteiger partial charge is 0.324 e. The summed E-state index contributed by atoms with van der Waals surface area (Å²) in [6, 6.07) is 6.39. The van der Waals surface area contributed by atoms with Gasteiger partial charge in [0.1, 0.15) is 0 Å². The maximum atomic E-state index is 12.4. The molecule has 2 aromatic rings. The Balaban J connectivity index is 2.54. The molecule has 0 amide bonds. The molecule has 1 aromatic carbocycles. The summed E-state index contributed by atoms with van der Waals surface area (Å²) >= 11 is 0. The van der Waals surface area contributed by atoms with Gasteiger partial charge in [0, 0.05) is 31.0 Å². The summed E-state index contributed by atoms with van der Waals surface area (Å²) in [5, 5.41) is 0.751. The summed E-state index contributed by atoms with van der Waals surface area (Å²) in [7, 11) is 0. The van der Waals surface area contributed by atoms with Crippen LogP contribution < -0.4 is 5.73 Å². The molecule has 2 rings (SSSR count). The number of hydrogen-bond donors (Lipinski definition) is 1. The molecule has 0 aliphatic carbocycles. The van der Waals surface area contributed by atoms with E-state index >= 15 is 0 Å². The molecule has 0 saturated heterocycles. The normalized spacial score (nSPS) is 13.2. The Bertz CT molecular complexity index is 577. The predicted molar refractivity (Wildman–Crippen MR) is 65.8 cm³/mol. The Hall–Kier alpha value is -1.75. The number of para-hydroxylation sites is 1. The minimum atomic E-state index is -2.46. The second-order valence-electron chi connectivity index (χ2n) is 4.22. The first-order valence-corrected chi connectivity index (χ1v) is 5.65. The Morgan fingerprint density at radius 1 is 1.39 bits per heavy atom. The van der Waals surface area contributed by atoms with Crippen molar-refractivity contribution in [2.75, 3.05) is 0 Å². The van der Waals surface area contributed by atoms with Crippen molar-refractivity contribution in [2.45, 2.75) is 25.8 Å². The lowest BCUT2D eigenvalue weighted by molar-refractivity contribution is 0.0941. The molecule has 1 aromatic heterocycles. The van der Waals surface area contributed by atoms with Crippen LogP contribution in [0.4, 0.5) is 8.78 Å². The van der Waals surface area contributed by atoms with Crippen LogP contribution in [0.25, 0.3) is 10.9 Å². The predicted octanol–water partition coefficient (Wildman–Crippen LogP) is 2.96. The number of halogens is 2. The highest BCUT2D eigenvalue weighted by Gasteiger charge is 2.19. The summed E-state index contributed by atoms with van der Waals surface area (Å²) in [5.74, 6) is -0.165. The number of benzene rings is 1. The fraction of sp³-hybridized carbons (Fsp3) is 0.308. The van der Waals surface area contributed by atoms with Crippen LogP contribution in [0.2, 0.25) is 0 Å². The molecule has 0 aliphatic rings. The average Bonchev–Trinajstić information content (AvgIpc) is 2.67. The molecule has 0 aliphatic heterocycles. The number of nitrogens with zero attached hydrogens (tertiary/aromatic N) is 1. The SMILES string of the molecule is CC(=O)n1cc([C@@H](N)CC(F)F)c2ccccc21. The maximum Gasteiger partial charge on any atom is 0.240 e. The standard InChI is InChI=1S/C13H14F2N2O/c1-8(18)17-7-10(11(16)6-13(14)15)9-4-2-3-5-12(9)17/h2-5,7,11,13H,6,16H2,1H3/t11-/m0/s1. The van der Waals surface area contributed by atoms with E-state index in [1.807, 2.05) is 0 Å². The van der Waals surface area contributed by atoms with E-state index in [1.54, 1.807) is 30.5 Å². The molecule has 3 nitrogen and oxygen atoms in total. The van der Waals surface area contributed by atoms with Crippen molar-refractivity contribution < 1.29 is 13.6 Å². The Labute approximate surface area is 103 Å². The first-order chi connectivity index (χ1) is 8.50. The minimum Gasteiger partial charge on any atom is -0.324 e. The number of carbonyl (C=O) groups excluding carboxylic acids is 1. The molecular weight excluding hydrogens is 238 g/mol. The van der Waals surface area contributed by atoms with E-state index in [-0.39, 0.29) is 5.91 Å². The molecular formula is C13H14F2N2O. The highest BCUT2D eigenvalue weighted by Crippen LogP contribution is 2.28. The van der Waals surface area contributed by atoms with Crippen molar-refractivity contribution in [1.29, 1.82) is 0 Å². The zero-order valence-corrected chi connectivity index (χ0v) is 9.94. The van der Waals surface area contributed by atoms with E-state index in [1.165, 1.54) is 11.5 Å². The smallest absolute Gasteiger partial charge is 0.240 e. The van der Waals surface area contributed by atoms with Crippen LogP contribution in [-0.2, 0) is 0 Å². The van der Waals surface area contributed by atoms with Gasteiger partial charge in [-0.25, -0.2) is 8.78 Å². The number of hydrogen-bond acceptors (Lipinski definition) is 2. The van der Waals surface area contributed by atoms with Crippen molar-refractivity contribution in [3.63, 3.8) is 0 Å². The molecule has 1 atom stereocenters. The topological polar surface area (TPSA) is 48.0 Å². The molecule has 0 fully saturated rings. The van der Waals surface area contributed by atoms with Gasteiger partial charge < -0.3 is 5.73 Å². The molecule has 18 heavy (non-hydrogen) atoms. The lowest BCUT2D eigenvalue weighted by atomic mass is 10.0. The number of nitrogens with two attached hydrogens (primary N) is 1. The van der Waals surface area contributed by atoms with Crippen LogP contribution in [0, 0.1) is 0 Å². The quantitative estimate of drug-likeness (QED) is 0.912. The van der Waals surface area contributed by atoms with Crippen molar-refractivity contribution in [2.24, 2.45) is 5.73 Å². The average molecular weight is 252 g/mol. The van der Waals surface area contributed by atoms with Gasteiger partial charge in [0.05, 0.1) is 5.52 Å². The van der Waals surface area contributed by atoms with Gasteiger partial charge in [0.25, 0.3) is 0 Å². The fourth-order valence-electron chi connectivity index (χ4n) is 2.08. The summed E-state index contributed by atoms with van der Waals surface area (Å²) in [4.78, 5) is 11.5. The molecule has 0 radical (unpaired) electrons. The van der Waals surface area contributed by atoms with Gasteiger partial charge in [-0.05, 0) is 11.6 Å². The number of rotatable bonds is 3. The number of aromatic nitrogens is 1. The van der Waals surface area contributed by atoms with Gasteiger partial charge in [-0.3, -0.25) is 9.36 Å². The molecule has 2 N–H and O–H groups in total. The zero-order valence-electron chi connectivity index (χ0n) is 9.94. The third kappa shape index (κ3) is 2.26. The van der Waals surface area contributed by atoms with Crippen molar-refractivity contribution in [1.82, 2.24) is 4.57 Å². The van der Waals surface area contributed by atoms with E-state index in [2.05, 4.69) is 0 Å². The van der Waals surface area contributed by atoms with E-state index in [0.717, 1.165) is 5.39 Å². The lowest BCUT2D eigenvalue weighted by Gasteiger charge is -2.09. The van der Waals surface area contributed by atoms with E-state index in [9.17, 15) is 13.6 Å². The molecule has 0 saturated carbocycles. The second-order valence-corrected chi connectivity index (χ2v) is 4.22. The van der Waals surface area contributed by atoms with E-state index in [4.69, 9.17) is 5.73 Å². The summed E-state index contributed by atoms with van der Waals surface area (Å²) < 4.78 is 26.2. The summed E-state index contributed by atoms with van der Waals surface area (Å²) in [6.07, 6.45) is -1.31. The fourth-order valence-corrected chi connectivity index (χ4v) is 2.08. The summed E-state index contributed by atoms with van der Waals surface area (Å²) in [5.41, 5.74) is 7.05. The Kier molecular flexibility index (Phi) is 3.43. The van der Waals surface area contributed by atoms with Crippen LogP contribution in [0.1, 0.15) is 29.7 Å². The molecule has 5 heteroatoms. The van der Waals surface area contributed by atoms with Gasteiger partial charge in [-0.2, -0.15) is 0 Å². The minimum absolute atomic E-state index is 0.165. The zero-order chi connectivity index (χ0) is 13.3. The maximum absolute atomic E-state index is 12.4.